The number of fused-ring (bicyclic) bond motifs is 2. The van der Waals surface area contributed by atoms with Crippen molar-refractivity contribution in [3.8, 4) is 0 Å². The van der Waals surface area contributed by atoms with Crippen LogP contribution in [0, 0.1) is 6.92 Å². The summed E-state index contributed by atoms with van der Waals surface area (Å²) in [6, 6.07) is 13.1. The molecule has 0 spiro atoms. The van der Waals surface area contributed by atoms with E-state index in [0.29, 0.717) is 0 Å². The molecule has 0 saturated carbocycles. The molecule has 0 aliphatic rings. The van der Waals surface area contributed by atoms with E-state index in [-0.39, 0.29) is 6.15 Å². The van der Waals surface area contributed by atoms with Gasteiger partial charge in [0.05, 0.1) is 0 Å². The van der Waals surface area contributed by atoms with Crippen LogP contribution in [0.2, 0.25) is 0 Å². The van der Waals surface area contributed by atoms with Crippen LogP contribution < -0.4 is 0 Å². The summed E-state index contributed by atoms with van der Waals surface area (Å²) < 4.78 is 0. The molecule has 120 valence electrons. The van der Waals surface area contributed by atoms with E-state index in [1.165, 1.54) is 27.4 Å². The van der Waals surface area contributed by atoms with Crippen molar-refractivity contribution in [3.05, 3.63) is 65.6 Å². The van der Waals surface area contributed by atoms with Gasteiger partial charge in [0.1, 0.15) is 5.65 Å². The Morgan fingerprint density at radius 2 is 1.75 bits per heavy atom. The lowest BCUT2D eigenvalue weighted by molar-refractivity contribution is -0.191. The molecular weight excluding hydrogens is 302 g/mol. The normalized spacial score (nSPS) is 10.4. The van der Waals surface area contributed by atoms with E-state index in [2.05, 4.69) is 58.3 Å². The summed E-state index contributed by atoms with van der Waals surface area (Å²) in [5.74, 6) is 0. The third kappa shape index (κ3) is 3.42. The molecule has 24 heavy (non-hydrogen) atoms. The van der Waals surface area contributed by atoms with E-state index in [4.69, 9.17) is 9.59 Å². The number of aromatic amines is 2. The maximum absolute atomic E-state index is 8.12. The first kappa shape index (κ1) is 15.7. The Balaban J connectivity index is 0.000000526. The molecule has 4 aromatic rings. The van der Waals surface area contributed by atoms with Gasteiger partial charge in [-0.1, -0.05) is 6.07 Å². The lowest BCUT2D eigenvalue weighted by atomic mass is 10.0. The minimum atomic E-state index is 0.250. The van der Waals surface area contributed by atoms with Gasteiger partial charge in [-0.2, -0.15) is 9.59 Å². The summed E-state index contributed by atoms with van der Waals surface area (Å²) in [4.78, 5) is 27.2. The number of hydrogen-bond acceptors (Lipinski definition) is 3. The highest BCUT2D eigenvalue weighted by molar-refractivity contribution is 5.80. The molecule has 0 radical (unpaired) electrons. The highest BCUT2D eigenvalue weighted by atomic mass is 16.2. The first-order valence-corrected chi connectivity index (χ1v) is 7.69. The lowest BCUT2D eigenvalue weighted by Gasteiger charge is -2.03. The van der Waals surface area contributed by atoms with Crippen LogP contribution in [0.15, 0.2) is 48.8 Å². The van der Waals surface area contributed by atoms with Crippen LogP contribution in [0.3, 0.4) is 0 Å². The fourth-order valence-corrected chi connectivity index (χ4v) is 2.88. The van der Waals surface area contributed by atoms with Gasteiger partial charge in [0.2, 0.25) is 0 Å². The minimum absolute atomic E-state index is 0.250. The maximum Gasteiger partial charge on any atom is 0.373 e. The summed E-state index contributed by atoms with van der Waals surface area (Å²) in [5, 5.41) is 2.48. The van der Waals surface area contributed by atoms with Crippen LogP contribution >= 0.6 is 0 Å². The molecule has 4 rings (SSSR count). The van der Waals surface area contributed by atoms with Crippen molar-refractivity contribution >= 4 is 28.1 Å². The first-order chi connectivity index (χ1) is 11.7. The molecule has 0 amide bonds. The third-order valence-corrected chi connectivity index (χ3v) is 3.98. The molecular formula is C19H17N3O2. The number of rotatable bonds is 3. The molecule has 3 aromatic heterocycles. The van der Waals surface area contributed by atoms with Gasteiger partial charge in [0, 0.05) is 29.0 Å². The Morgan fingerprint density at radius 1 is 1.00 bits per heavy atom. The summed E-state index contributed by atoms with van der Waals surface area (Å²) in [6.45, 7) is 2.06. The number of nitrogens with zero attached hydrogens (tertiary/aromatic N) is 1. The molecule has 0 aliphatic heterocycles. The van der Waals surface area contributed by atoms with Crippen LogP contribution in [0.4, 0.5) is 0 Å². The Kier molecular flexibility index (Phi) is 4.54. The van der Waals surface area contributed by atoms with Crippen molar-refractivity contribution < 1.29 is 9.59 Å². The molecule has 0 aliphatic carbocycles. The molecule has 0 fully saturated rings. The Labute approximate surface area is 138 Å². The number of aromatic nitrogens is 3. The van der Waals surface area contributed by atoms with Crippen LogP contribution in [0.5, 0.6) is 0 Å². The second-order valence-corrected chi connectivity index (χ2v) is 5.72. The zero-order valence-electron chi connectivity index (χ0n) is 13.3. The van der Waals surface area contributed by atoms with Crippen molar-refractivity contribution in [3.63, 3.8) is 0 Å². The van der Waals surface area contributed by atoms with Gasteiger partial charge in [0.15, 0.2) is 0 Å². The number of nitrogens with one attached hydrogen (secondary N) is 2. The van der Waals surface area contributed by atoms with Gasteiger partial charge in [0.25, 0.3) is 0 Å². The molecule has 2 N–H and O–H groups in total. The van der Waals surface area contributed by atoms with E-state index in [1.54, 1.807) is 0 Å². The summed E-state index contributed by atoms with van der Waals surface area (Å²) >= 11 is 0. The van der Waals surface area contributed by atoms with Gasteiger partial charge in [-0.3, -0.25) is 0 Å². The fraction of sp³-hybridized carbons (Fsp3) is 0.158. The zero-order valence-corrected chi connectivity index (χ0v) is 13.3. The molecule has 0 unspecified atom stereocenters. The third-order valence-electron chi connectivity index (χ3n) is 3.98. The number of benzene rings is 1. The number of aryl methyl sites for hydroxylation is 3. The largest absolute Gasteiger partial charge is 0.373 e. The lowest BCUT2D eigenvalue weighted by Crippen LogP contribution is -1.92. The first-order valence-electron chi connectivity index (χ1n) is 7.69. The quantitative estimate of drug-likeness (QED) is 0.606. The predicted molar refractivity (Wildman–Crippen MR) is 91.5 cm³/mol. The average Bonchev–Trinajstić information content (AvgIpc) is 3.17. The monoisotopic (exact) mass is 319 g/mol. The topological polar surface area (TPSA) is 78.6 Å². The average molecular weight is 319 g/mol. The standard InChI is InChI=1S/C18H17N3.CO2/c1-12-8-16-10-14(11-20-18(16)21-12)3-2-13-4-5-17-15(9-13)6-7-19-17;2-1-3/h4-11,19H,2-3H2,1H3,(H,20,21);. The summed E-state index contributed by atoms with van der Waals surface area (Å²) in [6.07, 6.45) is 6.27. The van der Waals surface area contributed by atoms with E-state index in [9.17, 15) is 0 Å². The number of hydrogen-bond donors (Lipinski definition) is 2. The SMILES string of the molecule is Cc1cc2cc(CCc3ccc4[nH]ccc4c3)cnc2[nH]1.O=C=O. The summed E-state index contributed by atoms with van der Waals surface area (Å²) in [5.41, 5.74) is 5.99. The van der Waals surface area contributed by atoms with Crippen molar-refractivity contribution in [2.45, 2.75) is 19.8 Å². The van der Waals surface area contributed by atoms with Crippen LogP contribution in [0.1, 0.15) is 16.8 Å². The molecule has 0 bridgehead atoms. The zero-order chi connectivity index (χ0) is 16.9. The van der Waals surface area contributed by atoms with Crippen molar-refractivity contribution in [2.24, 2.45) is 0 Å². The molecule has 0 saturated heterocycles. The highest BCUT2D eigenvalue weighted by Crippen LogP contribution is 2.18. The van der Waals surface area contributed by atoms with Gasteiger partial charge >= 0.3 is 6.15 Å². The molecule has 1 aromatic carbocycles. The second-order valence-electron chi connectivity index (χ2n) is 5.72. The van der Waals surface area contributed by atoms with E-state index >= 15 is 0 Å². The summed E-state index contributed by atoms with van der Waals surface area (Å²) in [7, 11) is 0. The molecule has 5 heteroatoms. The van der Waals surface area contributed by atoms with Crippen LogP contribution in [-0.2, 0) is 22.4 Å². The molecule has 0 atom stereocenters. The van der Waals surface area contributed by atoms with Crippen molar-refractivity contribution in [2.75, 3.05) is 0 Å². The van der Waals surface area contributed by atoms with E-state index in [0.717, 1.165) is 24.2 Å². The van der Waals surface area contributed by atoms with Gasteiger partial charge in [-0.15, -0.1) is 0 Å². The van der Waals surface area contributed by atoms with Crippen molar-refractivity contribution in [1.82, 2.24) is 15.0 Å². The number of carbonyl (C=O) groups excluding carboxylic acids is 2. The number of pyridine rings is 1. The van der Waals surface area contributed by atoms with E-state index < -0.39 is 0 Å². The Morgan fingerprint density at radius 3 is 2.58 bits per heavy atom. The van der Waals surface area contributed by atoms with E-state index in [1.807, 2.05) is 12.4 Å². The molecule has 5 nitrogen and oxygen atoms in total. The Hall–Kier alpha value is -3.17. The van der Waals surface area contributed by atoms with Gasteiger partial charge in [-0.25, -0.2) is 4.98 Å². The minimum Gasteiger partial charge on any atom is -0.361 e. The smallest absolute Gasteiger partial charge is 0.361 e. The van der Waals surface area contributed by atoms with Crippen LogP contribution in [0.25, 0.3) is 21.9 Å². The number of H-pyrrole nitrogens is 2. The van der Waals surface area contributed by atoms with Gasteiger partial charge in [-0.05, 0) is 66.6 Å². The van der Waals surface area contributed by atoms with Crippen LogP contribution in [-0.4, -0.2) is 21.1 Å². The van der Waals surface area contributed by atoms with Gasteiger partial charge < -0.3 is 9.97 Å². The maximum atomic E-state index is 8.12. The Bertz CT molecular complexity index is 1010. The van der Waals surface area contributed by atoms with Crippen molar-refractivity contribution in [1.29, 1.82) is 0 Å². The second kappa shape index (κ2) is 6.94. The predicted octanol–water partition coefficient (Wildman–Crippen LogP) is 3.55. The molecule has 3 heterocycles. The highest BCUT2D eigenvalue weighted by Gasteiger charge is 2.03. The fourth-order valence-electron chi connectivity index (χ4n) is 2.88.